The van der Waals surface area contributed by atoms with Crippen LogP contribution in [0.4, 0.5) is 10.6 Å². The Morgan fingerprint density at radius 2 is 2.16 bits per heavy atom. The van der Waals surface area contributed by atoms with Crippen molar-refractivity contribution in [3.8, 4) is 0 Å². The van der Waals surface area contributed by atoms with Crippen molar-refractivity contribution in [2.75, 3.05) is 18.0 Å². The molecule has 6 heteroatoms. The van der Waals surface area contributed by atoms with Gasteiger partial charge in [0.05, 0.1) is 0 Å². The van der Waals surface area contributed by atoms with E-state index >= 15 is 0 Å². The molecule has 0 atom stereocenters. The maximum absolute atomic E-state index is 11.8. The topological polar surface area (TPSA) is 88.3 Å². The molecule has 1 saturated heterocycles. The Hall–Kier alpha value is -2.63. The number of anilines is 1. The summed E-state index contributed by atoms with van der Waals surface area (Å²) in [7, 11) is 0. The second-order valence-corrected chi connectivity index (χ2v) is 4.30. The molecule has 6 nitrogen and oxygen atoms in total. The highest BCUT2D eigenvalue weighted by Crippen LogP contribution is 2.26. The van der Waals surface area contributed by atoms with Gasteiger partial charge in [-0.2, -0.15) is 0 Å². The van der Waals surface area contributed by atoms with Crippen molar-refractivity contribution in [3.05, 3.63) is 36.0 Å². The molecule has 3 rings (SSSR count). The van der Waals surface area contributed by atoms with Gasteiger partial charge in [-0.1, -0.05) is 24.3 Å². The Morgan fingerprint density at radius 1 is 1.37 bits per heavy atom. The Bertz CT molecular complexity index is 683. The van der Waals surface area contributed by atoms with E-state index in [0.717, 1.165) is 10.8 Å². The van der Waals surface area contributed by atoms with Gasteiger partial charge < -0.3 is 11.1 Å². The highest BCUT2D eigenvalue weighted by molar-refractivity contribution is 6.05. The summed E-state index contributed by atoms with van der Waals surface area (Å²) in [5.74, 6) is -0.131. The van der Waals surface area contributed by atoms with Crippen LogP contribution in [0.15, 0.2) is 30.3 Å². The zero-order chi connectivity index (χ0) is 13.4. The average molecular weight is 256 g/mol. The SMILES string of the molecule is NC(=O)c1cc2ccccc2c(N2CCNC2=O)n1. The standard InChI is InChI=1S/C13H12N4O2/c14-11(18)10-7-8-3-1-2-4-9(8)12(16-10)17-6-5-15-13(17)19/h1-4,7H,5-6H2,(H2,14,18)(H,15,19). The summed E-state index contributed by atoms with van der Waals surface area (Å²) in [4.78, 5) is 28.8. The Balaban J connectivity index is 2.26. The Kier molecular flexibility index (Phi) is 2.56. The van der Waals surface area contributed by atoms with Crippen LogP contribution in [0.3, 0.4) is 0 Å². The molecule has 3 amide bonds. The van der Waals surface area contributed by atoms with Crippen molar-refractivity contribution in [3.63, 3.8) is 0 Å². The first-order chi connectivity index (χ1) is 9.16. The molecular formula is C13H12N4O2. The van der Waals surface area contributed by atoms with Gasteiger partial charge in [-0.05, 0) is 11.5 Å². The minimum Gasteiger partial charge on any atom is -0.364 e. The second-order valence-electron chi connectivity index (χ2n) is 4.30. The van der Waals surface area contributed by atoms with Gasteiger partial charge >= 0.3 is 6.03 Å². The van der Waals surface area contributed by atoms with Crippen molar-refractivity contribution in [1.82, 2.24) is 10.3 Å². The highest BCUT2D eigenvalue weighted by Gasteiger charge is 2.25. The molecule has 0 unspecified atom stereocenters. The maximum Gasteiger partial charge on any atom is 0.323 e. The molecule has 0 saturated carbocycles. The van der Waals surface area contributed by atoms with Crippen molar-refractivity contribution >= 4 is 28.5 Å². The van der Waals surface area contributed by atoms with E-state index in [1.54, 1.807) is 6.07 Å². The number of carbonyl (C=O) groups excluding carboxylic acids is 2. The lowest BCUT2D eigenvalue weighted by molar-refractivity contribution is 0.0996. The number of hydrogen-bond acceptors (Lipinski definition) is 3. The van der Waals surface area contributed by atoms with Gasteiger partial charge in [0.25, 0.3) is 5.91 Å². The number of pyridine rings is 1. The van der Waals surface area contributed by atoms with Gasteiger partial charge in [0.1, 0.15) is 11.5 Å². The van der Waals surface area contributed by atoms with Gasteiger partial charge in [0.2, 0.25) is 0 Å². The third kappa shape index (κ3) is 1.87. The summed E-state index contributed by atoms with van der Waals surface area (Å²) in [6, 6.07) is 8.88. The lowest BCUT2D eigenvalue weighted by atomic mass is 10.1. The van der Waals surface area contributed by atoms with Crippen LogP contribution in [0.1, 0.15) is 10.5 Å². The molecule has 0 spiro atoms. The highest BCUT2D eigenvalue weighted by atomic mass is 16.2. The van der Waals surface area contributed by atoms with E-state index in [9.17, 15) is 9.59 Å². The number of fused-ring (bicyclic) bond motifs is 1. The van der Waals surface area contributed by atoms with Crippen molar-refractivity contribution in [2.45, 2.75) is 0 Å². The third-order valence-electron chi connectivity index (χ3n) is 3.09. The number of amides is 3. The fourth-order valence-electron chi connectivity index (χ4n) is 2.19. The van der Waals surface area contributed by atoms with E-state index < -0.39 is 5.91 Å². The summed E-state index contributed by atoms with van der Waals surface area (Å²) in [5.41, 5.74) is 5.45. The minimum atomic E-state index is -0.605. The van der Waals surface area contributed by atoms with E-state index in [0.29, 0.717) is 18.9 Å². The molecular weight excluding hydrogens is 244 g/mol. The van der Waals surface area contributed by atoms with Crippen LogP contribution in [0.2, 0.25) is 0 Å². The van der Waals surface area contributed by atoms with E-state index in [1.165, 1.54) is 4.90 Å². The summed E-state index contributed by atoms with van der Waals surface area (Å²) < 4.78 is 0. The number of rotatable bonds is 2. The molecule has 19 heavy (non-hydrogen) atoms. The maximum atomic E-state index is 11.8. The van der Waals surface area contributed by atoms with Crippen molar-refractivity contribution < 1.29 is 9.59 Å². The minimum absolute atomic E-state index is 0.161. The third-order valence-corrected chi connectivity index (χ3v) is 3.09. The molecule has 3 N–H and O–H groups in total. The lowest BCUT2D eigenvalue weighted by Crippen LogP contribution is -2.29. The number of urea groups is 1. The van der Waals surface area contributed by atoms with Crippen LogP contribution in [0, 0.1) is 0 Å². The van der Waals surface area contributed by atoms with Gasteiger partial charge in [-0.3, -0.25) is 9.69 Å². The molecule has 1 aromatic carbocycles. The molecule has 1 aromatic heterocycles. The monoisotopic (exact) mass is 256 g/mol. The smallest absolute Gasteiger partial charge is 0.323 e. The predicted octanol–water partition coefficient (Wildman–Crippen LogP) is 0.863. The Morgan fingerprint density at radius 3 is 2.84 bits per heavy atom. The molecule has 2 heterocycles. The van der Waals surface area contributed by atoms with Gasteiger partial charge in [0.15, 0.2) is 0 Å². The summed E-state index contributed by atoms with van der Waals surface area (Å²) in [6.07, 6.45) is 0. The fourth-order valence-corrected chi connectivity index (χ4v) is 2.19. The predicted molar refractivity (Wildman–Crippen MR) is 71.0 cm³/mol. The summed E-state index contributed by atoms with van der Waals surface area (Å²) in [6.45, 7) is 1.09. The van der Waals surface area contributed by atoms with E-state index in [1.807, 2.05) is 24.3 Å². The Labute approximate surface area is 109 Å². The zero-order valence-corrected chi connectivity index (χ0v) is 10.1. The average Bonchev–Trinajstić information content (AvgIpc) is 2.83. The fraction of sp³-hybridized carbons (Fsp3) is 0.154. The number of nitrogens with two attached hydrogens (primary N) is 1. The number of carbonyl (C=O) groups is 2. The normalized spacial score (nSPS) is 14.7. The van der Waals surface area contributed by atoms with Gasteiger partial charge in [0, 0.05) is 18.5 Å². The summed E-state index contributed by atoms with van der Waals surface area (Å²) in [5, 5.41) is 4.37. The first kappa shape index (κ1) is 11.5. The first-order valence-electron chi connectivity index (χ1n) is 5.92. The van der Waals surface area contributed by atoms with Crippen molar-refractivity contribution in [2.24, 2.45) is 5.73 Å². The molecule has 1 aliphatic rings. The molecule has 0 aliphatic carbocycles. The van der Waals surface area contributed by atoms with E-state index in [4.69, 9.17) is 5.73 Å². The molecule has 1 aliphatic heterocycles. The van der Waals surface area contributed by atoms with Crippen LogP contribution < -0.4 is 16.0 Å². The number of nitrogens with one attached hydrogen (secondary N) is 1. The van der Waals surface area contributed by atoms with Gasteiger partial charge in [-0.25, -0.2) is 9.78 Å². The number of hydrogen-bond donors (Lipinski definition) is 2. The first-order valence-corrected chi connectivity index (χ1v) is 5.92. The quantitative estimate of drug-likeness (QED) is 0.835. The van der Waals surface area contributed by atoms with Crippen molar-refractivity contribution in [1.29, 1.82) is 0 Å². The van der Waals surface area contributed by atoms with Crippen LogP contribution in [-0.2, 0) is 0 Å². The van der Waals surface area contributed by atoms with Crippen LogP contribution in [0.25, 0.3) is 10.8 Å². The van der Waals surface area contributed by atoms with Gasteiger partial charge in [-0.15, -0.1) is 0 Å². The lowest BCUT2D eigenvalue weighted by Gasteiger charge is -2.16. The molecule has 2 aromatic rings. The number of benzene rings is 1. The summed E-state index contributed by atoms with van der Waals surface area (Å²) >= 11 is 0. The number of aromatic nitrogens is 1. The molecule has 0 radical (unpaired) electrons. The van der Waals surface area contributed by atoms with Crippen LogP contribution in [-0.4, -0.2) is 30.0 Å². The number of nitrogens with zero attached hydrogens (tertiary/aromatic N) is 2. The largest absolute Gasteiger partial charge is 0.364 e. The van der Waals surface area contributed by atoms with E-state index in [-0.39, 0.29) is 11.7 Å². The molecule has 0 bridgehead atoms. The molecule has 96 valence electrons. The zero-order valence-electron chi connectivity index (χ0n) is 10.1. The number of primary amides is 1. The van der Waals surface area contributed by atoms with Crippen LogP contribution in [0.5, 0.6) is 0 Å². The molecule has 1 fully saturated rings. The van der Waals surface area contributed by atoms with Crippen LogP contribution >= 0.6 is 0 Å². The second kappa shape index (κ2) is 4.24. The van der Waals surface area contributed by atoms with E-state index in [2.05, 4.69) is 10.3 Å².